The summed E-state index contributed by atoms with van der Waals surface area (Å²) in [5, 5.41) is 37.6. The number of ether oxygens (including phenoxy) is 5. The molecule has 3 aromatic rings. The minimum Gasteiger partial charge on any atom is -0.504 e. The van der Waals surface area contributed by atoms with Gasteiger partial charge < -0.3 is 39.2 Å². The molecule has 3 N–H and O–H groups in total. The van der Waals surface area contributed by atoms with Crippen molar-refractivity contribution in [3.8, 4) is 46.3 Å². The number of aromatic hydroxyl groups is 2. The topological polar surface area (TPSA) is 146 Å². The minimum absolute atomic E-state index is 0.0332. The zero-order chi connectivity index (χ0) is 34.6. The van der Waals surface area contributed by atoms with Gasteiger partial charge in [0.25, 0.3) is 5.91 Å². The van der Waals surface area contributed by atoms with Gasteiger partial charge in [-0.3, -0.25) is 14.6 Å². The molecule has 48 heavy (non-hydrogen) atoms. The molecule has 2 bridgehead atoms. The summed E-state index contributed by atoms with van der Waals surface area (Å²) in [5.41, 5.74) is 4.52. The van der Waals surface area contributed by atoms with Crippen molar-refractivity contribution in [2.75, 3.05) is 49.1 Å². The summed E-state index contributed by atoms with van der Waals surface area (Å²) in [6.45, 7) is 3.73. The molecule has 0 spiro atoms. The third-order valence-electron chi connectivity index (χ3n) is 10.4. The van der Waals surface area contributed by atoms with Crippen molar-refractivity contribution in [3.05, 3.63) is 63.2 Å². The Kier molecular flexibility index (Phi) is 8.70. The van der Waals surface area contributed by atoms with Crippen LogP contribution in [0, 0.1) is 25.2 Å². The Morgan fingerprint density at radius 2 is 1.44 bits per heavy atom. The van der Waals surface area contributed by atoms with E-state index >= 15 is 0 Å². The van der Waals surface area contributed by atoms with E-state index in [2.05, 4.69) is 21.2 Å². The van der Waals surface area contributed by atoms with Gasteiger partial charge >= 0.3 is 0 Å². The van der Waals surface area contributed by atoms with Crippen LogP contribution in [0.25, 0.3) is 0 Å². The number of piperazine rings is 1. The Hall–Kier alpha value is -4.86. The van der Waals surface area contributed by atoms with Gasteiger partial charge in [0.2, 0.25) is 0 Å². The van der Waals surface area contributed by atoms with Crippen molar-refractivity contribution < 1.29 is 38.7 Å². The molecule has 3 aliphatic rings. The second-order valence-corrected chi connectivity index (χ2v) is 12.5. The van der Waals surface area contributed by atoms with Crippen LogP contribution >= 0.6 is 0 Å². The van der Waals surface area contributed by atoms with E-state index in [1.165, 1.54) is 21.3 Å². The van der Waals surface area contributed by atoms with Gasteiger partial charge in [0, 0.05) is 57.6 Å². The third-order valence-corrected chi connectivity index (χ3v) is 10.4. The monoisotopic (exact) mass is 658 g/mol. The lowest BCUT2D eigenvalue weighted by atomic mass is 9.71. The molecule has 0 aromatic heterocycles. The van der Waals surface area contributed by atoms with Crippen molar-refractivity contribution in [2.45, 2.75) is 56.9 Å². The largest absolute Gasteiger partial charge is 0.504 e. The molecule has 0 aliphatic carbocycles. The number of carbonyl (C=O) groups excluding carboxylic acids is 1. The van der Waals surface area contributed by atoms with E-state index in [9.17, 15) is 20.3 Å². The number of likely N-dealkylation sites (N-methyl/N-ethyl adjacent to an activating group) is 1. The molecule has 12 nitrogen and oxygen atoms in total. The Morgan fingerprint density at radius 3 is 2.00 bits per heavy atom. The fourth-order valence-electron chi connectivity index (χ4n) is 8.47. The van der Waals surface area contributed by atoms with E-state index in [4.69, 9.17) is 23.7 Å². The van der Waals surface area contributed by atoms with Crippen LogP contribution in [0.2, 0.25) is 0 Å². The molecule has 3 heterocycles. The predicted octanol–water partition coefficient (Wildman–Crippen LogP) is 3.96. The fraction of sp³-hybridized carbons (Fsp3) is 0.444. The van der Waals surface area contributed by atoms with Crippen molar-refractivity contribution in [2.24, 2.45) is 0 Å². The third kappa shape index (κ3) is 4.75. The molecule has 0 unspecified atom stereocenters. The van der Waals surface area contributed by atoms with Crippen molar-refractivity contribution in [1.82, 2.24) is 15.1 Å². The van der Waals surface area contributed by atoms with E-state index in [1.54, 1.807) is 38.5 Å². The summed E-state index contributed by atoms with van der Waals surface area (Å²) in [4.78, 5) is 17.8. The normalized spacial score (nSPS) is 22.8. The molecule has 12 heteroatoms. The molecule has 3 aromatic carbocycles. The number of benzene rings is 3. The summed E-state index contributed by atoms with van der Waals surface area (Å²) < 4.78 is 28.6. The lowest BCUT2D eigenvalue weighted by molar-refractivity contribution is -0.0724. The number of nitrogens with zero attached hydrogens (tertiary/aromatic N) is 3. The summed E-state index contributed by atoms with van der Waals surface area (Å²) in [7, 11) is 9.69. The van der Waals surface area contributed by atoms with Crippen LogP contribution in [-0.2, 0) is 12.8 Å². The fourth-order valence-corrected chi connectivity index (χ4v) is 8.47. The number of amides is 1. The van der Waals surface area contributed by atoms with Crippen LogP contribution in [0.15, 0.2) is 24.3 Å². The maximum atomic E-state index is 13.6. The van der Waals surface area contributed by atoms with Crippen molar-refractivity contribution >= 4 is 5.91 Å². The Bertz CT molecular complexity index is 1820. The first-order chi connectivity index (χ1) is 23.1. The van der Waals surface area contributed by atoms with Crippen molar-refractivity contribution in [1.29, 1.82) is 5.26 Å². The Labute approximate surface area is 280 Å². The highest BCUT2D eigenvalue weighted by Crippen LogP contribution is 2.58. The number of hydrogen-bond donors (Lipinski definition) is 3. The van der Waals surface area contributed by atoms with E-state index in [-0.39, 0.29) is 35.7 Å². The first kappa shape index (κ1) is 33.1. The van der Waals surface area contributed by atoms with Gasteiger partial charge in [-0.2, -0.15) is 5.26 Å². The first-order valence-electron chi connectivity index (χ1n) is 15.8. The highest BCUT2D eigenvalue weighted by Gasteiger charge is 2.57. The van der Waals surface area contributed by atoms with Crippen molar-refractivity contribution in [3.63, 3.8) is 0 Å². The quantitative estimate of drug-likeness (QED) is 0.323. The second-order valence-electron chi connectivity index (χ2n) is 12.5. The molecule has 5 atom stereocenters. The van der Waals surface area contributed by atoms with Gasteiger partial charge in [-0.25, -0.2) is 0 Å². The van der Waals surface area contributed by atoms with Crippen LogP contribution in [0.5, 0.6) is 40.2 Å². The van der Waals surface area contributed by atoms with Gasteiger partial charge in [-0.05, 0) is 51.9 Å². The summed E-state index contributed by atoms with van der Waals surface area (Å²) in [6.07, 6.45) is 0.794. The lowest BCUT2D eigenvalue weighted by Crippen LogP contribution is -2.68. The zero-order valence-corrected chi connectivity index (χ0v) is 28.5. The average Bonchev–Trinajstić information content (AvgIpc) is 3.08. The van der Waals surface area contributed by atoms with Gasteiger partial charge in [0.1, 0.15) is 23.3 Å². The number of methoxy groups -OCH3 is 5. The predicted molar refractivity (Wildman–Crippen MR) is 177 cm³/mol. The molecule has 6 rings (SSSR count). The van der Waals surface area contributed by atoms with Gasteiger partial charge in [0.05, 0.1) is 53.7 Å². The number of rotatable bonds is 8. The Balaban J connectivity index is 1.57. The number of hydrogen-bond acceptors (Lipinski definition) is 11. The van der Waals surface area contributed by atoms with Crippen LogP contribution in [0.1, 0.15) is 55.8 Å². The smallest absolute Gasteiger partial charge is 0.251 e. The number of fused-ring (bicyclic) bond motifs is 7. The minimum atomic E-state index is -0.669. The number of nitrogens with one attached hydrogen (secondary N) is 1. The molecule has 3 aliphatic heterocycles. The van der Waals surface area contributed by atoms with Crippen LogP contribution < -0.4 is 29.0 Å². The highest BCUT2D eigenvalue weighted by atomic mass is 16.5. The molecule has 1 saturated heterocycles. The number of phenolic OH excluding ortho intramolecular Hbond substituents is 2. The average molecular weight is 659 g/mol. The first-order valence-corrected chi connectivity index (χ1v) is 15.8. The molecule has 0 radical (unpaired) electrons. The zero-order valence-electron chi connectivity index (χ0n) is 28.5. The standard InChI is InChI=1S/C36H42N4O8/c1-17-32(45-5)21-14-24-29-28-22(33(46-6)18(2)35(48-8)31(28)42)13-23(39(29)3)25(15-37)40(24)26(27(21)30(41)34(17)47-7)16-38-36(43)19-10-9-11-20(12-19)44-4/h9-12,23-26,29,41-42H,13-14,16H2,1-8H3,(H,38,43)/t23-,24-,25-,26-,29-/m0/s1. The highest BCUT2D eigenvalue weighted by molar-refractivity contribution is 5.94. The van der Waals surface area contributed by atoms with Gasteiger partial charge in [0.15, 0.2) is 23.0 Å². The SMILES string of the molecule is COc1cccc(C(=O)NC[C@H]2c3c(O)c(OC)c(C)c(OC)c3C[C@H]3[C@H]4c5c(O)c(OC)c(C)c(OC)c5C[C@@H]([C@H](C#N)N23)N4C)c1. The maximum absolute atomic E-state index is 13.6. The van der Waals surface area contributed by atoms with Crippen LogP contribution in [0.3, 0.4) is 0 Å². The maximum Gasteiger partial charge on any atom is 0.251 e. The molecular formula is C36H42N4O8. The van der Waals surface area contributed by atoms with Crippen LogP contribution in [-0.4, -0.2) is 93.2 Å². The second kappa shape index (κ2) is 12.6. The number of phenols is 2. The summed E-state index contributed by atoms with van der Waals surface area (Å²) >= 11 is 0. The molecule has 1 fully saturated rings. The summed E-state index contributed by atoms with van der Waals surface area (Å²) in [5.74, 6) is 1.97. The molecule has 0 saturated carbocycles. The number of carbonyl (C=O) groups is 1. The molecule has 254 valence electrons. The van der Waals surface area contributed by atoms with E-state index in [1.807, 2.05) is 20.9 Å². The van der Waals surface area contributed by atoms with E-state index in [0.717, 1.165) is 11.1 Å². The summed E-state index contributed by atoms with van der Waals surface area (Å²) in [6, 6.07) is 6.98. The lowest BCUT2D eigenvalue weighted by Gasteiger charge is -2.60. The number of nitriles is 1. The molecular weight excluding hydrogens is 616 g/mol. The van der Waals surface area contributed by atoms with E-state index in [0.29, 0.717) is 63.7 Å². The Morgan fingerprint density at radius 1 is 0.875 bits per heavy atom. The van der Waals surface area contributed by atoms with Gasteiger partial charge in [-0.15, -0.1) is 0 Å². The van der Waals surface area contributed by atoms with Gasteiger partial charge in [-0.1, -0.05) is 6.07 Å². The molecule has 1 amide bonds. The van der Waals surface area contributed by atoms with E-state index < -0.39 is 24.2 Å². The van der Waals surface area contributed by atoms with Crippen LogP contribution in [0.4, 0.5) is 0 Å².